The highest BCUT2D eigenvalue weighted by atomic mass is 16.5. The molecule has 5 nitrogen and oxygen atoms in total. The first-order valence-corrected chi connectivity index (χ1v) is 8.19. The molecule has 0 bridgehead atoms. The highest BCUT2D eigenvalue weighted by molar-refractivity contribution is 5.88. The summed E-state index contributed by atoms with van der Waals surface area (Å²) in [4.78, 5) is 23.9. The summed E-state index contributed by atoms with van der Waals surface area (Å²) in [5, 5.41) is 12.0. The third-order valence-corrected chi connectivity index (χ3v) is 4.94. The van der Waals surface area contributed by atoms with Gasteiger partial charge < -0.3 is 15.2 Å². The Bertz CT molecular complexity index is 627. The molecule has 2 N–H and O–H groups in total. The van der Waals surface area contributed by atoms with Crippen LogP contribution in [0.1, 0.15) is 38.7 Å². The highest BCUT2D eigenvalue weighted by Gasteiger charge is 2.61. The number of rotatable bonds is 5. The van der Waals surface area contributed by atoms with E-state index in [9.17, 15) is 14.7 Å². The normalized spacial score (nSPS) is 26.3. The Balaban J connectivity index is 1.73. The molecule has 0 saturated heterocycles. The van der Waals surface area contributed by atoms with Gasteiger partial charge in [0.2, 0.25) is 5.91 Å². The van der Waals surface area contributed by atoms with Gasteiger partial charge in [0.15, 0.2) is 0 Å². The lowest BCUT2D eigenvalue weighted by atomic mass is 9.87. The number of nitrogens with one attached hydrogen (secondary N) is 1. The third-order valence-electron chi connectivity index (χ3n) is 4.94. The van der Waals surface area contributed by atoms with Gasteiger partial charge in [0.1, 0.15) is 11.8 Å². The molecule has 1 saturated carbocycles. The van der Waals surface area contributed by atoms with E-state index in [1.165, 1.54) is 0 Å². The van der Waals surface area contributed by atoms with E-state index in [0.717, 1.165) is 24.2 Å². The maximum Gasteiger partial charge on any atom is 0.326 e. The maximum atomic E-state index is 12.6. The minimum atomic E-state index is -0.964. The van der Waals surface area contributed by atoms with Crippen molar-refractivity contribution in [2.45, 2.75) is 44.6 Å². The number of fused-ring (bicyclic) bond motifs is 2. The van der Waals surface area contributed by atoms with Gasteiger partial charge >= 0.3 is 5.97 Å². The molecule has 1 spiro atoms. The van der Waals surface area contributed by atoms with E-state index in [0.29, 0.717) is 13.0 Å². The van der Waals surface area contributed by atoms with Crippen molar-refractivity contribution >= 4 is 11.9 Å². The van der Waals surface area contributed by atoms with Crippen molar-refractivity contribution < 1.29 is 19.4 Å². The van der Waals surface area contributed by atoms with Crippen molar-refractivity contribution in [1.82, 2.24) is 5.32 Å². The zero-order valence-corrected chi connectivity index (χ0v) is 13.5. The molecule has 5 heteroatoms. The number of amides is 1. The molecule has 1 amide bonds. The summed E-state index contributed by atoms with van der Waals surface area (Å²) < 4.78 is 5.67. The van der Waals surface area contributed by atoms with Gasteiger partial charge in [0.25, 0.3) is 0 Å². The van der Waals surface area contributed by atoms with Gasteiger partial charge in [0.05, 0.1) is 6.61 Å². The van der Waals surface area contributed by atoms with Crippen molar-refractivity contribution in [3.63, 3.8) is 0 Å². The van der Waals surface area contributed by atoms with Crippen molar-refractivity contribution in [3.05, 3.63) is 29.8 Å². The second-order valence-electron chi connectivity index (χ2n) is 7.04. The van der Waals surface area contributed by atoms with Crippen molar-refractivity contribution in [2.24, 2.45) is 11.8 Å². The zero-order chi connectivity index (χ0) is 16.6. The van der Waals surface area contributed by atoms with Gasteiger partial charge in [-0.2, -0.15) is 0 Å². The van der Waals surface area contributed by atoms with E-state index in [2.05, 4.69) is 5.32 Å². The first kappa shape index (κ1) is 15.8. The molecule has 0 radical (unpaired) electrons. The van der Waals surface area contributed by atoms with Crippen LogP contribution in [0.25, 0.3) is 0 Å². The van der Waals surface area contributed by atoms with Gasteiger partial charge in [0, 0.05) is 16.9 Å². The number of benzene rings is 1. The predicted molar refractivity (Wildman–Crippen MR) is 85.4 cm³/mol. The van der Waals surface area contributed by atoms with Crippen LogP contribution in [0.3, 0.4) is 0 Å². The topological polar surface area (TPSA) is 75.6 Å². The van der Waals surface area contributed by atoms with E-state index in [1.807, 2.05) is 38.1 Å². The summed E-state index contributed by atoms with van der Waals surface area (Å²) in [6.45, 7) is 4.51. The van der Waals surface area contributed by atoms with Crippen molar-refractivity contribution in [2.75, 3.05) is 6.61 Å². The van der Waals surface area contributed by atoms with E-state index < -0.39 is 12.0 Å². The largest absolute Gasteiger partial charge is 0.493 e. The minimum Gasteiger partial charge on any atom is -0.493 e. The third kappa shape index (κ3) is 2.92. The monoisotopic (exact) mass is 317 g/mol. The molecule has 124 valence electrons. The van der Waals surface area contributed by atoms with Crippen molar-refractivity contribution in [3.8, 4) is 5.75 Å². The van der Waals surface area contributed by atoms with Gasteiger partial charge in [-0.25, -0.2) is 4.79 Å². The van der Waals surface area contributed by atoms with Crippen LogP contribution in [-0.4, -0.2) is 29.6 Å². The number of ether oxygens (including phenoxy) is 1. The average Bonchev–Trinajstić information content (AvgIpc) is 3.21. The summed E-state index contributed by atoms with van der Waals surface area (Å²) in [6, 6.07) is 7.03. The number of carbonyl (C=O) groups excluding carboxylic acids is 1. The average molecular weight is 317 g/mol. The van der Waals surface area contributed by atoms with E-state index in [4.69, 9.17) is 4.74 Å². The number of hydrogen-bond donors (Lipinski definition) is 2. The molecule has 1 aromatic carbocycles. The lowest BCUT2D eigenvalue weighted by molar-refractivity contribution is -0.142. The lowest BCUT2D eigenvalue weighted by Gasteiger charge is -2.27. The van der Waals surface area contributed by atoms with Gasteiger partial charge in [-0.15, -0.1) is 0 Å². The van der Waals surface area contributed by atoms with Gasteiger partial charge in [-0.1, -0.05) is 32.0 Å². The summed E-state index contributed by atoms with van der Waals surface area (Å²) in [7, 11) is 0. The van der Waals surface area contributed by atoms with Crippen LogP contribution < -0.4 is 10.1 Å². The molecule has 2 aliphatic rings. The van der Waals surface area contributed by atoms with Crippen molar-refractivity contribution in [1.29, 1.82) is 0 Å². The molecule has 3 atom stereocenters. The molecule has 1 aliphatic carbocycles. The Kier molecular flexibility index (Phi) is 4.04. The molecule has 3 rings (SSSR count). The van der Waals surface area contributed by atoms with Crippen LogP contribution in [0.5, 0.6) is 5.75 Å². The standard InChI is InChI=1S/C18H23NO4/c1-11(2)9-14(17(21)22)19-16(20)13-10-18(13)7-8-23-15-6-4-3-5-12(15)18/h3-6,11,13-14H,7-10H2,1-2H3,(H,19,20)(H,21,22)/t13-,14?,18-/m0/s1. The van der Waals surface area contributed by atoms with E-state index >= 15 is 0 Å². The first-order chi connectivity index (χ1) is 10.9. The first-order valence-electron chi connectivity index (χ1n) is 8.19. The summed E-state index contributed by atoms with van der Waals surface area (Å²) in [6.07, 6.45) is 2.03. The van der Waals surface area contributed by atoms with Crippen LogP contribution in [0.2, 0.25) is 0 Å². The number of carboxylic acids is 1. The smallest absolute Gasteiger partial charge is 0.326 e. The molecule has 0 aromatic heterocycles. The van der Waals surface area contributed by atoms with Crippen LogP contribution >= 0.6 is 0 Å². The minimum absolute atomic E-state index is 0.144. The fourth-order valence-electron chi connectivity index (χ4n) is 3.67. The van der Waals surface area contributed by atoms with Crippen LogP contribution in [-0.2, 0) is 15.0 Å². The lowest BCUT2D eigenvalue weighted by Crippen LogP contribution is -2.43. The van der Waals surface area contributed by atoms with E-state index in [-0.39, 0.29) is 23.2 Å². The van der Waals surface area contributed by atoms with E-state index in [1.54, 1.807) is 0 Å². The zero-order valence-electron chi connectivity index (χ0n) is 13.5. The predicted octanol–water partition coefficient (Wildman–Crippen LogP) is 2.34. The second kappa shape index (κ2) is 5.87. The fraction of sp³-hybridized carbons (Fsp3) is 0.556. The summed E-state index contributed by atoms with van der Waals surface area (Å²) in [5.41, 5.74) is 0.918. The maximum absolute atomic E-state index is 12.6. The molecular formula is C18H23NO4. The van der Waals surface area contributed by atoms with Crippen LogP contribution in [0.4, 0.5) is 0 Å². The molecular weight excluding hydrogens is 294 g/mol. The Morgan fingerprint density at radius 3 is 2.83 bits per heavy atom. The number of hydrogen-bond acceptors (Lipinski definition) is 3. The Hall–Kier alpha value is -2.04. The summed E-state index contributed by atoms with van der Waals surface area (Å²) in [5.74, 6) is -0.190. The Morgan fingerprint density at radius 1 is 1.39 bits per heavy atom. The molecule has 23 heavy (non-hydrogen) atoms. The highest BCUT2D eigenvalue weighted by Crippen LogP contribution is 2.60. The number of carboxylic acid groups (broad SMARTS) is 1. The molecule has 1 unspecified atom stereocenters. The van der Waals surface area contributed by atoms with Crippen LogP contribution in [0.15, 0.2) is 24.3 Å². The van der Waals surface area contributed by atoms with Crippen LogP contribution in [0, 0.1) is 11.8 Å². The number of carbonyl (C=O) groups is 2. The molecule has 1 fully saturated rings. The molecule has 1 aliphatic heterocycles. The van der Waals surface area contributed by atoms with Gasteiger partial charge in [-0.3, -0.25) is 4.79 Å². The Labute approximate surface area is 136 Å². The number of aliphatic carboxylic acids is 1. The Morgan fingerprint density at radius 2 is 2.13 bits per heavy atom. The SMILES string of the molecule is CC(C)CC(NC(=O)[C@@H]1C[C@]12CCOc1ccccc12)C(=O)O. The molecule has 1 heterocycles. The quantitative estimate of drug-likeness (QED) is 0.874. The van der Waals surface area contributed by atoms with Gasteiger partial charge in [-0.05, 0) is 31.2 Å². The number of para-hydroxylation sites is 1. The summed E-state index contributed by atoms with van der Waals surface area (Å²) >= 11 is 0. The molecule has 1 aromatic rings. The second-order valence-corrected chi connectivity index (χ2v) is 7.04. The fourth-order valence-corrected chi connectivity index (χ4v) is 3.67.